The lowest BCUT2D eigenvalue weighted by atomic mass is 10.2. The van der Waals surface area contributed by atoms with Gasteiger partial charge in [-0.25, -0.2) is 9.59 Å². The fraction of sp³-hybridized carbons (Fsp3) is 0.333. The number of aliphatic hydroxyl groups is 1. The summed E-state index contributed by atoms with van der Waals surface area (Å²) in [6, 6.07) is 3.61. The lowest BCUT2D eigenvalue weighted by Crippen LogP contribution is -2.43. The van der Waals surface area contributed by atoms with Crippen molar-refractivity contribution in [3.63, 3.8) is 0 Å². The van der Waals surface area contributed by atoms with Gasteiger partial charge in [0.2, 0.25) is 0 Å². The third-order valence-corrected chi connectivity index (χ3v) is 3.05. The molecular weight excluding hydrogens is 316 g/mol. The second-order valence-corrected chi connectivity index (χ2v) is 4.84. The standard InChI is InChI=1S/C12H15BrN2O4/c1-7-2-3-9(8(13)6-7)14-12(19)15-10(4-5-16)11(17)18/h2-3,6,10,16H,4-5H2,1H3,(H,17,18)(H2,14,15,19). The Morgan fingerprint density at radius 3 is 2.63 bits per heavy atom. The van der Waals surface area contributed by atoms with E-state index in [0.717, 1.165) is 5.56 Å². The monoisotopic (exact) mass is 330 g/mol. The van der Waals surface area contributed by atoms with Crippen molar-refractivity contribution in [3.8, 4) is 0 Å². The smallest absolute Gasteiger partial charge is 0.326 e. The molecule has 104 valence electrons. The van der Waals surface area contributed by atoms with Gasteiger partial charge in [0.05, 0.1) is 5.69 Å². The van der Waals surface area contributed by atoms with Crippen LogP contribution in [0.4, 0.5) is 10.5 Å². The molecule has 1 rings (SSSR count). The van der Waals surface area contributed by atoms with Gasteiger partial charge < -0.3 is 20.8 Å². The minimum atomic E-state index is -1.19. The number of carboxylic acid groups (broad SMARTS) is 1. The minimum absolute atomic E-state index is 0.0438. The first-order valence-electron chi connectivity index (χ1n) is 5.61. The fourth-order valence-electron chi connectivity index (χ4n) is 1.42. The van der Waals surface area contributed by atoms with Crippen LogP contribution in [-0.4, -0.2) is 34.9 Å². The number of carbonyl (C=O) groups is 2. The average Bonchev–Trinajstić information content (AvgIpc) is 2.32. The summed E-state index contributed by atoms with van der Waals surface area (Å²) in [4.78, 5) is 22.5. The number of aliphatic carboxylic acids is 1. The molecule has 0 aliphatic heterocycles. The molecule has 0 fully saturated rings. The van der Waals surface area contributed by atoms with Crippen LogP contribution < -0.4 is 10.6 Å². The van der Waals surface area contributed by atoms with E-state index in [-0.39, 0.29) is 13.0 Å². The molecule has 0 aliphatic rings. The summed E-state index contributed by atoms with van der Waals surface area (Å²) in [5, 5.41) is 22.4. The van der Waals surface area contributed by atoms with Gasteiger partial charge in [-0.1, -0.05) is 6.07 Å². The number of urea groups is 1. The summed E-state index contributed by atoms with van der Waals surface area (Å²) in [5.74, 6) is -1.19. The Bertz CT molecular complexity index is 479. The third kappa shape index (κ3) is 4.88. The van der Waals surface area contributed by atoms with Crippen molar-refractivity contribution in [2.45, 2.75) is 19.4 Å². The molecule has 0 spiro atoms. The first-order valence-corrected chi connectivity index (χ1v) is 6.40. The molecule has 0 saturated heterocycles. The van der Waals surface area contributed by atoms with Gasteiger partial charge in [0.1, 0.15) is 6.04 Å². The minimum Gasteiger partial charge on any atom is -0.480 e. The lowest BCUT2D eigenvalue weighted by molar-refractivity contribution is -0.139. The van der Waals surface area contributed by atoms with Crippen molar-refractivity contribution >= 4 is 33.6 Å². The zero-order valence-corrected chi connectivity index (χ0v) is 11.9. The van der Waals surface area contributed by atoms with E-state index in [1.54, 1.807) is 6.07 Å². The third-order valence-electron chi connectivity index (χ3n) is 2.39. The topological polar surface area (TPSA) is 98.7 Å². The molecule has 0 saturated carbocycles. The Kier molecular flexibility index (Phi) is 5.78. The van der Waals surface area contributed by atoms with Crippen molar-refractivity contribution in [2.75, 3.05) is 11.9 Å². The lowest BCUT2D eigenvalue weighted by Gasteiger charge is -2.14. The number of halogens is 1. The molecule has 1 atom stereocenters. The molecule has 19 heavy (non-hydrogen) atoms. The molecule has 0 aromatic heterocycles. The molecule has 1 aromatic carbocycles. The maximum absolute atomic E-state index is 11.7. The van der Waals surface area contributed by atoms with E-state index in [4.69, 9.17) is 10.2 Å². The van der Waals surface area contributed by atoms with Crippen molar-refractivity contribution < 1.29 is 19.8 Å². The zero-order chi connectivity index (χ0) is 14.4. The van der Waals surface area contributed by atoms with Gasteiger partial charge in [-0.15, -0.1) is 0 Å². The van der Waals surface area contributed by atoms with Gasteiger partial charge >= 0.3 is 12.0 Å². The molecule has 4 N–H and O–H groups in total. The molecule has 1 unspecified atom stereocenters. The number of carboxylic acids is 1. The number of benzene rings is 1. The second kappa shape index (κ2) is 7.10. The van der Waals surface area contributed by atoms with Gasteiger partial charge in [-0.05, 0) is 40.5 Å². The Morgan fingerprint density at radius 2 is 2.11 bits per heavy atom. The molecule has 0 radical (unpaired) electrons. The van der Waals surface area contributed by atoms with Gasteiger partial charge in [0, 0.05) is 17.5 Å². The van der Waals surface area contributed by atoms with E-state index in [2.05, 4.69) is 26.6 Å². The quantitative estimate of drug-likeness (QED) is 0.660. The van der Waals surface area contributed by atoms with Crippen molar-refractivity contribution in [1.29, 1.82) is 0 Å². The Balaban J connectivity index is 2.66. The molecular formula is C12H15BrN2O4. The summed E-state index contributed by atoms with van der Waals surface area (Å²) in [5.41, 5.74) is 1.57. The first-order chi connectivity index (χ1) is 8.93. The predicted octanol–water partition coefficient (Wildman–Crippen LogP) is 1.71. The molecule has 1 aromatic rings. The normalized spacial score (nSPS) is 11.7. The SMILES string of the molecule is Cc1ccc(NC(=O)NC(CCO)C(=O)O)c(Br)c1. The highest BCUT2D eigenvalue weighted by atomic mass is 79.9. The van der Waals surface area contributed by atoms with E-state index in [1.165, 1.54) is 0 Å². The molecule has 0 aliphatic carbocycles. The largest absolute Gasteiger partial charge is 0.480 e. The van der Waals surface area contributed by atoms with Crippen LogP contribution in [0.1, 0.15) is 12.0 Å². The zero-order valence-electron chi connectivity index (χ0n) is 10.3. The summed E-state index contributed by atoms with van der Waals surface area (Å²) in [6.07, 6.45) is -0.0438. The van der Waals surface area contributed by atoms with Crippen LogP contribution in [0, 0.1) is 6.92 Å². The van der Waals surface area contributed by atoms with Crippen LogP contribution in [0.5, 0.6) is 0 Å². The molecule has 6 nitrogen and oxygen atoms in total. The number of aliphatic hydroxyl groups excluding tert-OH is 1. The van der Waals surface area contributed by atoms with E-state index in [1.807, 2.05) is 19.1 Å². The molecule has 7 heteroatoms. The maximum atomic E-state index is 11.7. The van der Waals surface area contributed by atoms with E-state index in [9.17, 15) is 9.59 Å². The van der Waals surface area contributed by atoms with Crippen molar-refractivity contribution in [1.82, 2.24) is 5.32 Å². The number of anilines is 1. The maximum Gasteiger partial charge on any atom is 0.326 e. The summed E-state index contributed by atoms with van der Waals surface area (Å²) in [6.45, 7) is 1.60. The van der Waals surface area contributed by atoms with Crippen LogP contribution in [0.2, 0.25) is 0 Å². The Labute approximate surface area is 118 Å². The summed E-state index contributed by atoms with van der Waals surface area (Å²) < 4.78 is 0.705. The van der Waals surface area contributed by atoms with E-state index >= 15 is 0 Å². The molecule has 0 bridgehead atoms. The van der Waals surface area contributed by atoms with E-state index < -0.39 is 18.0 Å². The van der Waals surface area contributed by atoms with Gasteiger partial charge in [-0.3, -0.25) is 0 Å². The summed E-state index contributed by atoms with van der Waals surface area (Å²) in [7, 11) is 0. The van der Waals surface area contributed by atoms with Crippen molar-refractivity contribution in [3.05, 3.63) is 28.2 Å². The number of hydrogen-bond acceptors (Lipinski definition) is 3. The second-order valence-electron chi connectivity index (χ2n) is 3.98. The fourth-order valence-corrected chi connectivity index (χ4v) is 2.02. The number of hydrogen-bond donors (Lipinski definition) is 4. The highest BCUT2D eigenvalue weighted by Gasteiger charge is 2.19. The molecule has 2 amide bonds. The molecule has 0 heterocycles. The average molecular weight is 331 g/mol. The van der Waals surface area contributed by atoms with Crippen LogP contribution in [-0.2, 0) is 4.79 Å². The summed E-state index contributed by atoms with van der Waals surface area (Å²) >= 11 is 3.30. The highest BCUT2D eigenvalue weighted by Crippen LogP contribution is 2.23. The van der Waals surface area contributed by atoms with Crippen molar-refractivity contribution in [2.24, 2.45) is 0 Å². The van der Waals surface area contributed by atoms with Gasteiger partial charge in [-0.2, -0.15) is 0 Å². The number of rotatable bonds is 5. The van der Waals surface area contributed by atoms with Gasteiger partial charge in [0.15, 0.2) is 0 Å². The number of carbonyl (C=O) groups excluding carboxylic acids is 1. The highest BCUT2D eigenvalue weighted by molar-refractivity contribution is 9.10. The van der Waals surface area contributed by atoms with Crippen LogP contribution >= 0.6 is 15.9 Å². The number of amides is 2. The Hall–Kier alpha value is -1.60. The van der Waals surface area contributed by atoms with Crippen LogP contribution in [0.15, 0.2) is 22.7 Å². The van der Waals surface area contributed by atoms with E-state index in [0.29, 0.717) is 10.2 Å². The van der Waals surface area contributed by atoms with Crippen LogP contribution in [0.25, 0.3) is 0 Å². The number of aryl methyl sites for hydroxylation is 1. The van der Waals surface area contributed by atoms with Gasteiger partial charge in [0.25, 0.3) is 0 Å². The Morgan fingerprint density at radius 1 is 1.42 bits per heavy atom. The number of nitrogens with one attached hydrogen (secondary N) is 2. The van der Waals surface area contributed by atoms with Crippen LogP contribution in [0.3, 0.4) is 0 Å². The predicted molar refractivity (Wildman–Crippen MR) is 74.2 cm³/mol. The first kappa shape index (κ1) is 15.5.